The van der Waals surface area contributed by atoms with E-state index in [2.05, 4.69) is 75.2 Å². The molecule has 7 aromatic carbocycles. The molecule has 0 spiro atoms. The van der Waals surface area contributed by atoms with Crippen molar-refractivity contribution in [3.8, 4) is 58.4 Å². The van der Waals surface area contributed by atoms with Gasteiger partial charge in [0.05, 0.1) is 67.6 Å². The molecule has 0 aliphatic heterocycles. The first kappa shape index (κ1) is 112. The van der Waals surface area contributed by atoms with Crippen molar-refractivity contribution in [2.75, 3.05) is 131 Å². The second-order valence-corrected chi connectivity index (χ2v) is 30.8. The summed E-state index contributed by atoms with van der Waals surface area (Å²) < 4.78 is 54.0. The zero-order chi connectivity index (χ0) is 99.2. The van der Waals surface area contributed by atoms with Gasteiger partial charge in [-0.05, 0) is 191 Å². The van der Waals surface area contributed by atoms with E-state index in [9.17, 15) is 38.4 Å². The van der Waals surface area contributed by atoms with Gasteiger partial charge >= 0.3 is 6.01 Å². The van der Waals surface area contributed by atoms with E-state index in [0.29, 0.717) is 157 Å². The number of nitrogen functional groups attached to an aromatic ring is 3. The normalized spacial score (nSPS) is 10.6. The first-order valence-corrected chi connectivity index (χ1v) is 45.3. The summed E-state index contributed by atoms with van der Waals surface area (Å²) >= 11 is 0. The average molecular weight is 1900 g/mol. The molecule has 0 aliphatic rings. The number of imidazole rings is 2. The highest BCUT2D eigenvalue weighted by atomic mass is 16.5. The van der Waals surface area contributed by atoms with Crippen molar-refractivity contribution >= 4 is 119 Å². The van der Waals surface area contributed by atoms with Gasteiger partial charge < -0.3 is 121 Å². The van der Waals surface area contributed by atoms with Crippen LogP contribution in [0.5, 0.6) is 58.4 Å². The Balaban J connectivity index is 0.000000246. The average Bonchev–Trinajstić information content (AvgIpc) is 1.27. The molecule has 38 heteroatoms. The van der Waals surface area contributed by atoms with Crippen LogP contribution in [-0.4, -0.2) is 241 Å². The number of H-pyrrole nitrogens is 3. The lowest BCUT2D eigenvalue weighted by molar-refractivity contribution is -0.122. The van der Waals surface area contributed by atoms with Gasteiger partial charge in [0.15, 0.2) is 69.3 Å². The number of ketones is 7. The molecule has 5 aromatic heterocycles. The Morgan fingerprint density at radius 1 is 0.307 bits per heavy atom. The van der Waals surface area contributed by atoms with Crippen molar-refractivity contribution < 1.29 is 121 Å². The molecule has 12 aromatic rings. The van der Waals surface area contributed by atoms with Crippen LogP contribution >= 0.6 is 0 Å². The number of nitrogens with one attached hydrogen (secondary N) is 3. The number of aromatic nitrogens is 9. The summed E-state index contributed by atoms with van der Waals surface area (Å²) in [5, 5.41) is 65.6. The first-order valence-electron chi connectivity index (χ1n) is 45.3. The van der Waals surface area contributed by atoms with Crippen molar-refractivity contribution in [3.05, 3.63) is 163 Å². The van der Waals surface area contributed by atoms with E-state index in [-0.39, 0.29) is 103 Å². The SMILES string of the molecule is COc1ccc(OCCCCC(=O)CO)cc1.COc1ccc(OCCCCCCC(=O)CO)cc1.COc1nc(N)c2[nH]c(OCCCCC(=O)CO)nc2n1.NC(=O)c1ccc2cc(OCCCCC(=O)CO)[nH]c2c1.Nc1nc(N)c2[nH]c(OCCCCC(=O)CO)nc2n1.O=C(CO)CCCCCOc1ccc2ccccc2c1.O=C(CO)CCCCOc1cccc2ccccc12. The van der Waals surface area contributed by atoms with Crippen molar-refractivity contribution in [3.63, 3.8) is 0 Å². The molecule has 0 saturated carbocycles. The number of primary amides is 1. The number of Topliss-reactive ketones (excluding diaryl/α,β-unsaturated/α-hetero) is 7. The van der Waals surface area contributed by atoms with E-state index in [0.717, 1.165) is 133 Å². The van der Waals surface area contributed by atoms with Gasteiger partial charge in [-0.15, -0.1) is 0 Å². The van der Waals surface area contributed by atoms with Crippen molar-refractivity contribution in [1.29, 1.82) is 0 Å². The lowest BCUT2D eigenvalue weighted by Gasteiger charge is -2.09. The second kappa shape index (κ2) is 65.6. The number of aromatic amines is 3. The molecule has 0 aliphatic carbocycles. The number of aliphatic hydroxyl groups excluding tert-OH is 7. The van der Waals surface area contributed by atoms with E-state index in [1.807, 2.05) is 109 Å². The fraction of sp³-hybridized carbons (Fsp3) is 0.414. The van der Waals surface area contributed by atoms with Gasteiger partial charge in [-0.2, -0.15) is 29.9 Å². The number of methoxy groups -OCH3 is 3. The number of rotatable bonds is 56. The predicted molar refractivity (Wildman–Crippen MR) is 518 cm³/mol. The van der Waals surface area contributed by atoms with Crippen LogP contribution in [-0.2, 0) is 33.6 Å². The quantitative estimate of drug-likeness (QED) is 0.0157. The third-order valence-corrected chi connectivity index (χ3v) is 20.1. The van der Waals surface area contributed by atoms with Crippen molar-refractivity contribution in [2.24, 2.45) is 5.73 Å². The van der Waals surface area contributed by atoms with Gasteiger partial charge in [0.2, 0.25) is 11.9 Å². The van der Waals surface area contributed by atoms with Gasteiger partial charge in [0.1, 0.15) is 91.8 Å². The third-order valence-electron chi connectivity index (χ3n) is 20.1. The predicted octanol–water partition coefficient (Wildman–Crippen LogP) is 11.7. The highest BCUT2D eigenvalue weighted by Crippen LogP contribution is 2.29. The van der Waals surface area contributed by atoms with Crippen LogP contribution in [0.15, 0.2) is 158 Å². The number of nitrogens with zero attached hydrogens (tertiary/aromatic N) is 6. The number of ether oxygens (including phenoxy) is 10. The highest BCUT2D eigenvalue weighted by molar-refractivity contribution is 5.97. The summed E-state index contributed by atoms with van der Waals surface area (Å²) in [5.74, 6) is 4.77. The molecule has 0 fully saturated rings. The number of hydrogen-bond acceptors (Lipinski definition) is 34. The minimum Gasteiger partial charge on any atom is -0.497 e. The summed E-state index contributed by atoms with van der Waals surface area (Å²) in [6.07, 6.45) is 16.6. The molecule has 0 radical (unpaired) electrons. The Labute approximate surface area is 793 Å². The standard InChI is InChI=1S/C17H20O3.C16H18O3.C15H18N2O4.C15H22O4.C13H18O4.C12H17N5O4.C11H16N6O3/c18-13-16(19)8-2-1-5-11-20-17-10-9-14-6-3-4-7-15(14)12-17;17-12-14(18)8-3-4-11-19-16-10-5-7-13-6-1-2-9-15(13)16;16-15(20)11-5-4-10-8-14(17-13(10)7-11)21-6-2-1-3-12(19)9-18;1-18-14-7-9-15(10-8-14)19-11-5-3-2-4-6-13(17)12-16;1-16-12-5-7-13(8-6-12)17-9-3-2-4-11(15)10-14;1-20-11-15-9(13)8-10(16-11)17-12(14-8)21-5-3-2-4-7(19)6-18;12-8-7-9(16-10(13)15-8)17-11(14-7)20-4-2-1-3-6(19)5-18/h3-4,6-7,9-10,12,18H,1-2,5,8,11,13H2;1-2,5-7,9-10,17H,3-4,8,11-12H2;4-5,7-8,17-18H,1-3,6,9H2,(H2,16,20);7-10,16H,2-6,11-12H2,1H3;5-8,14H,2-4,9-10H2,1H3;18H,2-6H2,1H3,(H3,13,14,15,16,17);18H,1-5H2,(H5,12,13,14,15,16,17). The molecular weight excluding hydrogens is 1770 g/mol. The Bertz CT molecular complexity index is 5600. The van der Waals surface area contributed by atoms with Crippen LogP contribution in [0, 0.1) is 0 Å². The maximum atomic E-state index is 11.1. The zero-order valence-electron chi connectivity index (χ0n) is 77.9. The number of anilines is 3. The van der Waals surface area contributed by atoms with Crippen LogP contribution in [0.2, 0.25) is 0 Å². The number of unbranched alkanes of at least 4 members (excludes halogenated alkanes) is 10. The number of benzene rings is 7. The molecule has 5 heterocycles. The fourth-order valence-corrected chi connectivity index (χ4v) is 12.6. The van der Waals surface area contributed by atoms with Crippen LogP contribution < -0.4 is 70.3 Å². The molecule has 12 rings (SSSR count). The molecule has 740 valence electrons. The molecule has 0 unspecified atom stereocenters. The Kier molecular flexibility index (Phi) is 53.5. The molecule has 137 heavy (non-hydrogen) atoms. The largest absolute Gasteiger partial charge is 0.497 e. The third kappa shape index (κ3) is 44.3. The molecule has 1 amide bonds. The minimum atomic E-state index is -0.470. The Morgan fingerprint density at radius 2 is 0.672 bits per heavy atom. The van der Waals surface area contributed by atoms with Crippen LogP contribution in [0.25, 0.3) is 54.8 Å². The van der Waals surface area contributed by atoms with E-state index < -0.39 is 25.7 Å². The van der Waals surface area contributed by atoms with Gasteiger partial charge in [0, 0.05) is 72.9 Å². The number of hydrogen-bond donors (Lipinski definition) is 14. The van der Waals surface area contributed by atoms with Gasteiger partial charge in [-0.1, -0.05) is 85.6 Å². The number of nitrogens with two attached hydrogens (primary N) is 4. The fourth-order valence-electron chi connectivity index (χ4n) is 12.6. The monoisotopic (exact) mass is 1900 g/mol. The topological polar surface area (TPSA) is 599 Å². The molecule has 0 atom stereocenters. The number of aliphatic hydroxyl groups is 7. The first-order chi connectivity index (χ1) is 66.4. The van der Waals surface area contributed by atoms with Gasteiger partial charge in [-0.3, -0.25) is 38.4 Å². The van der Waals surface area contributed by atoms with E-state index in [1.54, 1.807) is 32.4 Å². The van der Waals surface area contributed by atoms with Crippen LogP contribution in [0.3, 0.4) is 0 Å². The smallest absolute Gasteiger partial charge is 0.320 e. The lowest BCUT2D eigenvalue weighted by Crippen LogP contribution is -2.10. The molecule has 0 bridgehead atoms. The maximum Gasteiger partial charge on any atom is 0.320 e. The molecule has 18 N–H and O–H groups in total. The summed E-state index contributed by atoms with van der Waals surface area (Å²) in [7, 11) is 4.70. The maximum absolute atomic E-state index is 11.1. The van der Waals surface area contributed by atoms with E-state index in [4.69, 9.17) is 106 Å². The minimum absolute atomic E-state index is 0.0514. The number of amides is 1. The summed E-state index contributed by atoms with van der Waals surface area (Å²) in [4.78, 5) is 120. The number of carbonyl (C=O) groups is 8. The highest BCUT2D eigenvalue weighted by Gasteiger charge is 2.16. The lowest BCUT2D eigenvalue weighted by atomic mass is 10.1. The molecule has 0 saturated heterocycles. The van der Waals surface area contributed by atoms with Crippen LogP contribution in [0.1, 0.15) is 164 Å². The van der Waals surface area contributed by atoms with Crippen molar-refractivity contribution in [1.82, 2.24) is 44.9 Å². The summed E-state index contributed by atoms with van der Waals surface area (Å²) in [5.41, 5.74) is 25.0. The molecular formula is C99H129N13O25. The van der Waals surface area contributed by atoms with Gasteiger partial charge in [-0.25, -0.2) is 0 Å². The number of fused-ring (bicyclic) bond motifs is 5. The summed E-state index contributed by atoms with van der Waals surface area (Å²) in [6.45, 7) is 1.15. The number of carbonyl (C=O) groups excluding carboxylic acids is 8. The van der Waals surface area contributed by atoms with E-state index >= 15 is 0 Å². The van der Waals surface area contributed by atoms with Crippen molar-refractivity contribution in [2.45, 2.75) is 154 Å². The summed E-state index contributed by atoms with van der Waals surface area (Å²) in [6, 6.07) is 51.0. The molecule has 38 nitrogen and oxygen atoms in total. The Morgan fingerprint density at radius 3 is 1.13 bits per heavy atom. The second-order valence-electron chi connectivity index (χ2n) is 30.8. The van der Waals surface area contributed by atoms with Crippen LogP contribution in [0.4, 0.5) is 17.6 Å². The Hall–Kier alpha value is -14.0. The zero-order valence-corrected chi connectivity index (χ0v) is 77.9. The van der Waals surface area contributed by atoms with Gasteiger partial charge in [0.25, 0.3) is 12.0 Å². The van der Waals surface area contributed by atoms with E-state index in [1.165, 1.54) is 17.9 Å².